The second-order valence-electron chi connectivity index (χ2n) is 2.51. The first-order valence-corrected chi connectivity index (χ1v) is 3.34. The molecule has 0 radical (unpaired) electrons. The standard InChI is InChI=1S/C8H9NO3.ClH/c1-4-6(9)2-5(8(11)12)3-7(4)10;/h2-3,10H,9H2,1H3,(H,11,12);1H. The second-order valence-corrected chi connectivity index (χ2v) is 2.51. The second kappa shape index (κ2) is 4.00. The summed E-state index contributed by atoms with van der Waals surface area (Å²) >= 11 is 0. The van der Waals surface area contributed by atoms with E-state index in [0.29, 0.717) is 5.56 Å². The minimum atomic E-state index is -1.10. The highest BCUT2D eigenvalue weighted by atomic mass is 35.5. The molecular formula is C8H10ClNO3. The largest absolute Gasteiger partial charge is 0.508 e. The van der Waals surface area contributed by atoms with Gasteiger partial charge in [-0.15, -0.1) is 12.4 Å². The van der Waals surface area contributed by atoms with Gasteiger partial charge in [0.05, 0.1) is 5.56 Å². The van der Waals surface area contributed by atoms with Crippen LogP contribution in [-0.4, -0.2) is 16.2 Å². The summed E-state index contributed by atoms with van der Waals surface area (Å²) in [5.41, 5.74) is 6.22. The molecule has 0 saturated heterocycles. The zero-order valence-corrected chi connectivity index (χ0v) is 7.76. The summed E-state index contributed by atoms with van der Waals surface area (Å²) in [6, 6.07) is 2.49. The van der Waals surface area contributed by atoms with Gasteiger partial charge in [0.25, 0.3) is 0 Å². The Kier molecular flexibility index (Phi) is 3.56. The van der Waals surface area contributed by atoms with Gasteiger partial charge in [0.2, 0.25) is 0 Å². The van der Waals surface area contributed by atoms with Crippen LogP contribution in [0.2, 0.25) is 0 Å². The van der Waals surface area contributed by atoms with Gasteiger partial charge in [-0.25, -0.2) is 4.79 Å². The van der Waals surface area contributed by atoms with Gasteiger partial charge in [-0.05, 0) is 19.1 Å². The number of nitrogen functional groups attached to an aromatic ring is 1. The Morgan fingerprint density at radius 2 is 2.00 bits per heavy atom. The number of carboxylic acid groups (broad SMARTS) is 1. The summed E-state index contributed by atoms with van der Waals surface area (Å²) in [5, 5.41) is 17.7. The molecule has 0 atom stereocenters. The molecule has 0 spiro atoms. The molecule has 4 nitrogen and oxygen atoms in total. The lowest BCUT2D eigenvalue weighted by Crippen LogP contribution is -1.99. The van der Waals surface area contributed by atoms with E-state index < -0.39 is 5.97 Å². The molecule has 0 unspecified atom stereocenters. The van der Waals surface area contributed by atoms with E-state index in [0.717, 1.165) is 0 Å². The third-order valence-electron chi connectivity index (χ3n) is 1.67. The summed E-state index contributed by atoms with van der Waals surface area (Å²) in [7, 11) is 0. The van der Waals surface area contributed by atoms with Crippen LogP contribution in [0.25, 0.3) is 0 Å². The molecule has 0 aromatic heterocycles. The Hall–Kier alpha value is -1.42. The average Bonchev–Trinajstić information content (AvgIpc) is 1.99. The molecule has 0 fully saturated rings. The van der Waals surface area contributed by atoms with E-state index in [4.69, 9.17) is 10.8 Å². The van der Waals surface area contributed by atoms with Crippen LogP contribution in [0.5, 0.6) is 5.75 Å². The highest BCUT2D eigenvalue weighted by molar-refractivity contribution is 5.89. The molecule has 4 N–H and O–H groups in total. The molecule has 0 bridgehead atoms. The first-order chi connectivity index (χ1) is 5.52. The van der Waals surface area contributed by atoms with Crippen LogP contribution in [-0.2, 0) is 0 Å². The summed E-state index contributed by atoms with van der Waals surface area (Å²) < 4.78 is 0. The number of carbonyl (C=O) groups is 1. The lowest BCUT2D eigenvalue weighted by molar-refractivity contribution is 0.0696. The van der Waals surface area contributed by atoms with Gasteiger partial charge in [0.15, 0.2) is 0 Å². The molecule has 0 heterocycles. The number of hydrogen-bond acceptors (Lipinski definition) is 3. The number of phenolic OH excluding ortho intramolecular Hbond substituents is 1. The van der Waals surface area contributed by atoms with Crippen molar-refractivity contribution in [3.8, 4) is 5.75 Å². The molecular weight excluding hydrogens is 194 g/mol. The number of anilines is 1. The molecule has 0 saturated carbocycles. The number of hydrogen-bond donors (Lipinski definition) is 3. The fourth-order valence-corrected chi connectivity index (χ4v) is 0.844. The summed E-state index contributed by atoms with van der Waals surface area (Å²) in [4.78, 5) is 10.5. The molecule has 1 aromatic carbocycles. The van der Waals surface area contributed by atoms with E-state index in [1.165, 1.54) is 12.1 Å². The fraction of sp³-hybridized carbons (Fsp3) is 0.125. The zero-order chi connectivity index (χ0) is 9.30. The average molecular weight is 204 g/mol. The van der Waals surface area contributed by atoms with E-state index in [9.17, 15) is 9.90 Å². The van der Waals surface area contributed by atoms with Crippen molar-refractivity contribution in [2.24, 2.45) is 0 Å². The number of nitrogens with two attached hydrogens (primary N) is 1. The van der Waals surface area contributed by atoms with Crippen LogP contribution in [0.3, 0.4) is 0 Å². The topological polar surface area (TPSA) is 83.6 Å². The molecule has 1 aromatic rings. The SMILES string of the molecule is Cc1c(N)cc(C(=O)O)cc1O.Cl. The number of aromatic hydroxyl groups is 1. The lowest BCUT2D eigenvalue weighted by Gasteiger charge is -2.03. The highest BCUT2D eigenvalue weighted by Crippen LogP contribution is 2.24. The van der Waals surface area contributed by atoms with E-state index in [1.54, 1.807) is 6.92 Å². The van der Waals surface area contributed by atoms with Gasteiger partial charge < -0.3 is 15.9 Å². The number of benzene rings is 1. The number of halogens is 1. The number of aromatic carboxylic acids is 1. The van der Waals surface area contributed by atoms with E-state index >= 15 is 0 Å². The van der Waals surface area contributed by atoms with Crippen LogP contribution in [0, 0.1) is 6.92 Å². The molecule has 0 aliphatic carbocycles. The first kappa shape index (κ1) is 11.6. The Morgan fingerprint density at radius 1 is 1.46 bits per heavy atom. The van der Waals surface area contributed by atoms with Crippen LogP contribution >= 0.6 is 12.4 Å². The highest BCUT2D eigenvalue weighted by Gasteiger charge is 2.08. The summed E-state index contributed by atoms with van der Waals surface area (Å²) in [6.07, 6.45) is 0. The molecule has 5 heteroatoms. The molecule has 1 rings (SSSR count). The minimum absolute atomic E-state index is 0. The maximum atomic E-state index is 10.5. The smallest absolute Gasteiger partial charge is 0.335 e. The van der Waals surface area contributed by atoms with Gasteiger partial charge in [-0.2, -0.15) is 0 Å². The van der Waals surface area contributed by atoms with Gasteiger partial charge >= 0.3 is 5.97 Å². The number of rotatable bonds is 1. The minimum Gasteiger partial charge on any atom is -0.508 e. The molecule has 72 valence electrons. The van der Waals surface area contributed by atoms with Crippen LogP contribution in [0.15, 0.2) is 12.1 Å². The van der Waals surface area contributed by atoms with Crippen LogP contribution < -0.4 is 5.73 Å². The monoisotopic (exact) mass is 203 g/mol. The van der Waals surface area contributed by atoms with Crippen molar-refractivity contribution in [2.45, 2.75) is 6.92 Å². The molecule has 13 heavy (non-hydrogen) atoms. The Labute approximate surface area is 81.4 Å². The number of carboxylic acids is 1. The van der Waals surface area contributed by atoms with Crippen LogP contribution in [0.4, 0.5) is 5.69 Å². The Bertz CT molecular complexity index is 315. The third-order valence-corrected chi connectivity index (χ3v) is 1.67. The van der Waals surface area contributed by atoms with Crippen molar-refractivity contribution in [3.63, 3.8) is 0 Å². The Balaban J connectivity index is 0.00000144. The van der Waals surface area contributed by atoms with Gasteiger partial charge in [0, 0.05) is 11.3 Å². The molecule has 0 amide bonds. The molecule has 0 aliphatic rings. The van der Waals surface area contributed by atoms with Crippen molar-refractivity contribution in [1.29, 1.82) is 0 Å². The van der Waals surface area contributed by atoms with Crippen molar-refractivity contribution in [1.82, 2.24) is 0 Å². The summed E-state index contributed by atoms with van der Waals surface area (Å²) in [6.45, 7) is 1.62. The van der Waals surface area contributed by atoms with Crippen molar-refractivity contribution < 1.29 is 15.0 Å². The third kappa shape index (κ3) is 2.26. The van der Waals surface area contributed by atoms with E-state index in [-0.39, 0.29) is 29.4 Å². The first-order valence-electron chi connectivity index (χ1n) is 3.34. The van der Waals surface area contributed by atoms with E-state index in [1.807, 2.05) is 0 Å². The maximum Gasteiger partial charge on any atom is 0.335 e. The fourth-order valence-electron chi connectivity index (χ4n) is 0.844. The predicted octanol–water partition coefficient (Wildman–Crippen LogP) is 1.40. The lowest BCUT2D eigenvalue weighted by atomic mass is 10.1. The van der Waals surface area contributed by atoms with Crippen LogP contribution in [0.1, 0.15) is 15.9 Å². The molecule has 0 aliphatic heterocycles. The van der Waals surface area contributed by atoms with Gasteiger partial charge in [-0.1, -0.05) is 0 Å². The summed E-state index contributed by atoms with van der Waals surface area (Å²) in [5.74, 6) is -1.19. The van der Waals surface area contributed by atoms with Crippen molar-refractivity contribution in [3.05, 3.63) is 23.3 Å². The zero-order valence-electron chi connectivity index (χ0n) is 6.94. The van der Waals surface area contributed by atoms with Crippen molar-refractivity contribution in [2.75, 3.05) is 5.73 Å². The van der Waals surface area contributed by atoms with Crippen molar-refractivity contribution >= 4 is 24.1 Å². The van der Waals surface area contributed by atoms with Gasteiger partial charge in [-0.3, -0.25) is 0 Å². The van der Waals surface area contributed by atoms with E-state index in [2.05, 4.69) is 0 Å². The quantitative estimate of drug-likeness (QED) is 0.603. The van der Waals surface area contributed by atoms with Gasteiger partial charge in [0.1, 0.15) is 5.75 Å². The Morgan fingerprint density at radius 3 is 2.38 bits per heavy atom. The predicted molar refractivity (Wildman–Crippen MR) is 51.5 cm³/mol. The normalized spacial score (nSPS) is 9.00. The maximum absolute atomic E-state index is 10.5. The number of phenols is 1.